The molecular weight excluding hydrogens is 308 g/mol. The fraction of sp³-hybridized carbons (Fsp3) is 0.533. The summed E-state index contributed by atoms with van der Waals surface area (Å²) in [6.45, 7) is 4.33. The summed E-state index contributed by atoms with van der Waals surface area (Å²) in [5.41, 5.74) is 0.540. The van der Waals surface area contributed by atoms with Gasteiger partial charge in [0.1, 0.15) is 0 Å². The number of benzene rings is 1. The maximum absolute atomic E-state index is 12.7. The first-order valence-electron chi connectivity index (χ1n) is 6.94. The molecule has 0 saturated carbocycles. The number of nitrogens with one attached hydrogen (secondary N) is 1. The summed E-state index contributed by atoms with van der Waals surface area (Å²) >= 11 is 0. The third-order valence-electron chi connectivity index (χ3n) is 3.67. The van der Waals surface area contributed by atoms with Crippen molar-refractivity contribution < 1.29 is 19.0 Å². The zero-order chi connectivity index (χ0) is 15.4. The van der Waals surface area contributed by atoms with Crippen LogP contribution in [0.25, 0.3) is 0 Å². The summed E-state index contributed by atoms with van der Waals surface area (Å²) in [4.78, 5) is 14.6. The third kappa shape index (κ3) is 3.56. The summed E-state index contributed by atoms with van der Waals surface area (Å²) in [7, 11) is 4.62. The van der Waals surface area contributed by atoms with Gasteiger partial charge in [0.05, 0.1) is 21.3 Å². The Hall–Kier alpha value is -1.66. The first kappa shape index (κ1) is 18.4. The van der Waals surface area contributed by atoms with E-state index in [-0.39, 0.29) is 24.4 Å². The number of ether oxygens (including phenoxy) is 3. The molecule has 1 aromatic carbocycles. The lowest BCUT2D eigenvalue weighted by Gasteiger charge is -2.34. The van der Waals surface area contributed by atoms with Crippen molar-refractivity contribution in [2.45, 2.75) is 13.0 Å². The molecule has 0 spiro atoms. The van der Waals surface area contributed by atoms with Crippen LogP contribution < -0.4 is 19.5 Å². The molecule has 1 aliphatic rings. The summed E-state index contributed by atoms with van der Waals surface area (Å²) in [5, 5.41) is 3.27. The van der Waals surface area contributed by atoms with Crippen LogP contribution in [0, 0.1) is 0 Å². The zero-order valence-corrected chi connectivity index (χ0v) is 14.2. The SMILES string of the molecule is COc1cc(C(=O)N2CCNCC2C)cc(OC)c1OC.Cl. The first-order chi connectivity index (χ1) is 10.1. The molecule has 6 nitrogen and oxygen atoms in total. The van der Waals surface area contributed by atoms with Crippen LogP contribution in [0.4, 0.5) is 0 Å². The van der Waals surface area contributed by atoms with E-state index in [0.29, 0.717) is 29.4 Å². The third-order valence-corrected chi connectivity index (χ3v) is 3.67. The number of hydrogen-bond acceptors (Lipinski definition) is 5. The summed E-state index contributed by atoms with van der Waals surface area (Å²) in [6.07, 6.45) is 0. The highest BCUT2D eigenvalue weighted by molar-refractivity contribution is 5.96. The second kappa shape index (κ2) is 8.10. The zero-order valence-electron chi connectivity index (χ0n) is 13.3. The minimum Gasteiger partial charge on any atom is -0.493 e. The van der Waals surface area contributed by atoms with Crippen molar-refractivity contribution in [1.82, 2.24) is 10.2 Å². The smallest absolute Gasteiger partial charge is 0.254 e. The van der Waals surface area contributed by atoms with E-state index in [9.17, 15) is 4.79 Å². The average molecular weight is 331 g/mol. The van der Waals surface area contributed by atoms with Crippen LogP contribution in [-0.4, -0.2) is 57.8 Å². The Morgan fingerprint density at radius 1 is 1.18 bits per heavy atom. The summed E-state index contributed by atoms with van der Waals surface area (Å²) < 4.78 is 15.9. The topological polar surface area (TPSA) is 60.0 Å². The van der Waals surface area contributed by atoms with E-state index in [4.69, 9.17) is 14.2 Å². The van der Waals surface area contributed by atoms with Crippen LogP contribution in [0.3, 0.4) is 0 Å². The van der Waals surface area contributed by atoms with E-state index in [1.54, 1.807) is 33.5 Å². The van der Waals surface area contributed by atoms with E-state index in [1.807, 2.05) is 11.8 Å². The molecule has 22 heavy (non-hydrogen) atoms. The van der Waals surface area contributed by atoms with E-state index >= 15 is 0 Å². The Morgan fingerprint density at radius 3 is 2.23 bits per heavy atom. The maximum Gasteiger partial charge on any atom is 0.254 e. The number of methoxy groups -OCH3 is 3. The van der Waals surface area contributed by atoms with Crippen molar-refractivity contribution >= 4 is 18.3 Å². The largest absolute Gasteiger partial charge is 0.493 e. The predicted molar refractivity (Wildman–Crippen MR) is 86.7 cm³/mol. The van der Waals surface area contributed by atoms with E-state index in [0.717, 1.165) is 13.1 Å². The molecule has 1 fully saturated rings. The standard InChI is InChI=1S/C15H22N2O4.ClH/c1-10-9-16-5-6-17(10)15(18)11-7-12(19-2)14(21-4)13(8-11)20-3;/h7-8,10,16H,5-6,9H2,1-4H3;1H. The molecule has 1 saturated heterocycles. The molecule has 1 unspecified atom stereocenters. The van der Waals surface area contributed by atoms with E-state index in [2.05, 4.69) is 5.32 Å². The molecule has 0 bridgehead atoms. The number of halogens is 1. The minimum atomic E-state index is -0.0248. The Labute approximate surface area is 137 Å². The van der Waals surface area contributed by atoms with Crippen molar-refractivity contribution in [2.24, 2.45) is 0 Å². The highest BCUT2D eigenvalue weighted by Gasteiger charge is 2.26. The molecule has 1 aromatic rings. The van der Waals surface area contributed by atoms with Gasteiger partial charge in [-0.15, -0.1) is 12.4 Å². The van der Waals surface area contributed by atoms with Crippen molar-refractivity contribution in [1.29, 1.82) is 0 Å². The van der Waals surface area contributed by atoms with Crippen LogP contribution in [0.5, 0.6) is 17.2 Å². The second-order valence-corrected chi connectivity index (χ2v) is 4.97. The first-order valence-corrected chi connectivity index (χ1v) is 6.94. The number of carbonyl (C=O) groups excluding carboxylic acids is 1. The van der Waals surface area contributed by atoms with E-state index in [1.165, 1.54) is 0 Å². The molecule has 2 rings (SSSR count). The molecule has 1 amide bonds. The van der Waals surface area contributed by atoms with Crippen LogP contribution in [0.2, 0.25) is 0 Å². The van der Waals surface area contributed by atoms with Crippen molar-refractivity contribution in [2.75, 3.05) is 41.0 Å². The van der Waals surface area contributed by atoms with Gasteiger partial charge in [-0.2, -0.15) is 0 Å². The van der Waals surface area contributed by atoms with Crippen LogP contribution >= 0.6 is 12.4 Å². The van der Waals surface area contributed by atoms with Gasteiger partial charge in [-0.1, -0.05) is 0 Å². The van der Waals surface area contributed by atoms with Gasteiger partial charge in [-0.05, 0) is 19.1 Å². The fourth-order valence-corrected chi connectivity index (χ4v) is 2.51. The molecule has 7 heteroatoms. The molecule has 1 atom stereocenters. The predicted octanol–water partition coefficient (Wildman–Crippen LogP) is 1.57. The molecule has 0 aliphatic carbocycles. The number of amides is 1. The number of carbonyl (C=O) groups is 1. The van der Waals surface area contributed by atoms with Gasteiger partial charge >= 0.3 is 0 Å². The number of hydrogen-bond donors (Lipinski definition) is 1. The molecule has 0 aromatic heterocycles. The second-order valence-electron chi connectivity index (χ2n) is 4.97. The quantitative estimate of drug-likeness (QED) is 0.908. The van der Waals surface area contributed by atoms with Crippen LogP contribution in [0.1, 0.15) is 17.3 Å². The van der Waals surface area contributed by atoms with E-state index < -0.39 is 0 Å². The Morgan fingerprint density at radius 2 is 1.77 bits per heavy atom. The molecule has 124 valence electrons. The van der Waals surface area contributed by atoms with Crippen molar-refractivity contribution in [3.8, 4) is 17.2 Å². The van der Waals surface area contributed by atoms with Gasteiger partial charge in [-0.25, -0.2) is 0 Å². The van der Waals surface area contributed by atoms with Crippen LogP contribution in [0.15, 0.2) is 12.1 Å². The normalized spacial score (nSPS) is 17.5. The van der Waals surface area contributed by atoms with Gasteiger partial charge in [0.15, 0.2) is 11.5 Å². The number of piperazine rings is 1. The molecule has 0 radical (unpaired) electrons. The Kier molecular flexibility index (Phi) is 6.77. The summed E-state index contributed by atoms with van der Waals surface area (Å²) in [5.74, 6) is 1.44. The average Bonchev–Trinajstić information content (AvgIpc) is 2.53. The summed E-state index contributed by atoms with van der Waals surface area (Å²) in [6, 6.07) is 3.54. The van der Waals surface area contributed by atoms with Gasteiger partial charge in [-0.3, -0.25) is 4.79 Å². The highest BCUT2D eigenvalue weighted by atomic mass is 35.5. The van der Waals surface area contributed by atoms with Gasteiger partial charge in [0.25, 0.3) is 5.91 Å². The lowest BCUT2D eigenvalue weighted by molar-refractivity contribution is 0.0655. The molecule has 1 aliphatic heterocycles. The lowest BCUT2D eigenvalue weighted by atomic mass is 10.1. The highest BCUT2D eigenvalue weighted by Crippen LogP contribution is 2.38. The molecule has 1 heterocycles. The Balaban J connectivity index is 0.00000242. The number of rotatable bonds is 4. The monoisotopic (exact) mass is 330 g/mol. The van der Waals surface area contributed by atoms with Gasteiger partial charge in [0.2, 0.25) is 5.75 Å². The van der Waals surface area contributed by atoms with Crippen molar-refractivity contribution in [3.05, 3.63) is 17.7 Å². The Bertz CT molecular complexity index is 499. The minimum absolute atomic E-state index is 0. The fourth-order valence-electron chi connectivity index (χ4n) is 2.51. The lowest BCUT2D eigenvalue weighted by Crippen LogP contribution is -2.52. The molecule has 1 N–H and O–H groups in total. The van der Waals surface area contributed by atoms with Gasteiger partial charge in [0, 0.05) is 31.2 Å². The molecular formula is C15H23ClN2O4. The maximum atomic E-state index is 12.7. The number of nitrogens with zero attached hydrogens (tertiary/aromatic N) is 1. The van der Waals surface area contributed by atoms with Crippen molar-refractivity contribution in [3.63, 3.8) is 0 Å². The van der Waals surface area contributed by atoms with Gasteiger partial charge < -0.3 is 24.4 Å². The van der Waals surface area contributed by atoms with Crippen LogP contribution in [-0.2, 0) is 0 Å².